The number of aromatic carboxylic acids is 1. The number of fused-ring (bicyclic) bond motifs is 2. The fourth-order valence-corrected chi connectivity index (χ4v) is 5.14. The van der Waals surface area contributed by atoms with Crippen LogP contribution < -0.4 is 0 Å². The molecule has 2 bridgehead atoms. The van der Waals surface area contributed by atoms with Crippen LogP contribution in [0.4, 0.5) is 4.39 Å². The van der Waals surface area contributed by atoms with Gasteiger partial charge in [0.1, 0.15) is 5.82 Å². The Balaban J connectivity index is 1.60. The molecule has 0 amide bonds. The van der Waals surface area contributed by atoms with Crippen molar-refractivity contribution in [3.05, 3.63) is 34.6 Å². The van der Waals surface area contributed by atoms with Gasteiger partial charge in [-0.3, -0.25) is 4.90 Å². The summed E-state index contributed by atoms with van der Waals surface area (Å²) in [6.45, 7) is 5.03. The smallest absolute Gasteiger partial charge is 0.335 e. The standard InChI is InChI=1S/C19H25FN2O2/c1-3-14-6-16-13(4-12(18(23)24)5-17(16)20)9-22(14)11-19-7-15(8-19)21(2)10-19/h4-5,14-15H,3,6-11H2,1-2H3,(H,23,24)/t14-,15?,19?/m0/s1. The van der Waals surface area contributed by atoms with E-state index in [1.54, 1.807) is 6.07 Å². The molecule has 1 aliphatic carbocycles. The van der Waals surface area contributed by atoms with Crippen LogP contribution in [0, 0.1) is 11.2 Å². The van der Waals surface area contributed by atoms with Crippen LogP contribution in [0.1, 0.15) is 47.7 Å². The number of carboxylic acid groups (broad SMARTS) is 1. The van der Waals surface area contributed by atoms with Crippen LogP contribution >= 0.6 is 0 Å². The van der Waals surface area contributed by atoms with Crippen LogP contribution in [0.15, 0.2) is 12.1 Å². The highest BCUT2D eigenvalue weighted by Crippen LogP contribution is 2.52. The maximum atomic E-state index is 14.4. The number of nitrogens with zero attached hydrogens (tertiary/aromatic N) is 2. The van der Waals surface area contributed by atoms with Crippen molar-refractivity contribution in [1.29, 1.82) is 0 Å². The number of hydrogen-bond donors (Lipinski definition) is 1. The highest BCUT2D eigenvalue weighted by molar-refractivity contribution is 5.88. The van der Waals surface area contributed by atoms with E-state index in [9.17, 15) is 14.3 Å². The van der Waals surface area contributed by atoms with Gasteiger partial charge in [0.2, 0.25) is 0 Å². The summed E-state index contributed by atoms with van der Waals surface area (Å²) < 4.78 is 14.4. The molecular formula is C19H25FN2O2. The van der Waals surface area contributed by atoms with Gasteiger partial charge in [-0.2, -0.15) is 0 Å². The first-order valence-electron chi connectivity index (χ1n) is 8.90. The van der Waals surface area contributed by atoms with Gasteiger partial charge in [0.15, 0.2) is 0 Å². The van der Waals surface area contributed by atoms with Crippen molar-refractivity contribution in [3.63, 3.8) is 0 Å². The van der Waals surface area contributed by atoms with E-state index in [0.29, 0.717) is 24.4 Å². The molecule has 4 aliphatic rings. The molecule has 1 aromatic carbocycles. The lowest BCUT2D eigenvalue weighted by atomic mass is 9.69. The second-order valence-corrected chi connectivity index (χ2v) is 8.05. The van der Waals surface area contributed by atoms with Gasteiger partial charge in [-0.15, -0.1) is 0 Å². The van der Waals surface area contributed by atoms with Crippen molar-refractivity contribution in [2.75, 3.05) is 20.1 Å². The number of halogens is 1. The predicted octanol–water partition coefficient (Wildman–Crippen LogP) is 2.75. The first kappa shape index (κ1) is 16.0. The molecule has 1 aromatic rings. The van der Waals surface area contributed by atoms with Crippen molar-refractivity contribution in [3.8, 4) is 0 Å². The van der Waals surface area contributed by atoms with E-state index < -0.39 is 5.97 Å². The molecule has 0 unspecified atom stereocenters. The summed E-state index contributed by atoms with van der Waals surface area (Å²) in [6.07, 6.45) is 4.22. The Kier molecular flexibility index (Phi) is 3.69. The van der Waals surface area contributed by atoms with Gasteiger partial charge >= 0.3 is 5.97 Å². The van der Waals surface area contributed by atoms with E-state index in [1.165, 1.54) is 18.9 Å². The summed E-state index contributed by atoms with van der Waals surface area (Å²) in [6, 6.07) is 3.94. The van der Waals surface area contributed by atoms with Crippen LogP contribution in [-0.2, 0) is 13.0 Å². The Labute approximate surface area is 142 Å². The lowest BCUT2D eigenvalue weighted by Crippen LogP contribution is -2.49. The quantitative estimate of drug-likeness (QED) is 0.921. The van der Waals surface area contributed by atoms with Crippen LogP contribution in [0.2, 0.25) is 0 Å². The fraction of sp³-hybridized carbons (Fsp3) is 0.632. The molecule has 0 aromatic heterocycles. The summed E-state index contributed by atoms with van der Waals surface area (Å²) in [5, 5.41) is 9.20. The highest BCUT2D eigenvalue weighted by Gasteiger charge is 2.54. The molecule has 1 saturated carbocycles. The van der Waals surface area contributed by atoms with E-state index in [2.05, 4.69) is 23.8 Å². The van der Waals surface area contributed by atoms with Crippen LogP contribution in [0.25, 0.3) is 0 Å². The second-order valence-electron chi connectivity index (χ2n) is 8.05. The highest BCUT2D eigenvalue weighted by atomic mass is 19.1. The Morgan fingerprint density at radius 2 is 2.17 bits per heavy atom. The molecule has 2 saturated heterocycles. The van der Waals surface area contributed by atoms with Crippen LogP contribution in [-0.4, -0.2) is 53.1 Å². The Hall–Kier alpha value is -1.46. The first-order chi connectivity index (χ1) is 11.4. The molecule has 130 valence electrons. The number of hydrogen-bond acceptors (Lipinski definition) is 3. The summed E-state index contributed by atoms with van der Waals surface area (Å²) in [7, 11) is 2.21. The minimum absolute atomic E-state index is 0.0589. The molecule has 5 heteroatoms. The zero-order valence-electron chi connectivity index (χ0n) is 14.4. The van der Waals surface area contributed by atoms with Crippen molar-refractivity contribution in [2.24, 2.45) is 5.41 Å². The molecule has 3 heterocycles. The molecule has 3 fully saturated rings. The zero-order chi connectivity index (χ0) is 17.1. The fourth-order valence-electron chi connectivity index (χ4n) is 5.14. The molecule has 24 heavy (non-hydrogen) atoms. The van der Waals surface area contributed by atoms with Crippen molar-refractivity contribution < 1.29 is 14.3 Å². The van der Waals surface area contributed by atoms with Crippen molar-refractivity contribution in [2.45, 2.75) is 51.2 Å². The Morgan fingerprint density at radius 1 is 1.42 bits per heavy atom. The molecule has 1 N–H and O–H groups in total. The van der Waals surface area contributed by atoms with Crippen molar-refractivity contribution in [1.82, 2.24) is 9.80 Å². The number of carbonyl (C=O) groups is 1. The summed E-state index contributed by atoms with van der Waals surface area (Å²) in [5.41, 5.74) is 2.03. The lowest BCUT2D eigenvalue weighted by Gasteiger charge is -2.45. The minimum Gasteiger partial charge on any atom is -0.478 e. The van der Waals surface area contributed by atoms with Gasteiger partial charge < -0.3 is 10.0 Å². The number of carboxylic acids is 1. The molecule has 0 radical (unpaired) electrons. The van der Waals surface area contributed by atoms with E-state index >= 15 is 0 Å². The lowest BCUT2D eigenvalue weighted by molar-refractivity contribution is 0.0619. The molecule has 4 nitrogen and oxygen atoms in total. The Bertz CT molecular complexity index is 684. The third kappa shape index (κ3) is 2.45. The third-order valence-electron chi connectivity index (χ3n) is 6.42. The summed E-state index contributed by atoms with van der Waals surface area (Å²) >= 11 is 0. The molecular weight excluding hydrogens is 307 g/mol. The van der Waals surface area contributed by atoms with E-state index in [0.717, 1.165) is 36.7 Å². The van der Waals surface area contributed by atoms with E-state index in [-0.39, 0.29) is 11.4 Å². The van der Waals surface area contributed by atoms with Crippen LogP contribution in [0.3, 0.4) is 0 Å². The monoisotopic (exact) mass is 332 g/mol. The van der Waals surface area contributed by atoms with Crippen LogP contribution in [0.5, 0.6) is 0 Å². The van der Waals surface area contributed by atoms with Gasteiger partial charge in [-0.05, 0) is 61.4 Å². The van der Waals surface area contributed by atoms with Gasteiger partial charge in [-0.1, -0.05) is 6.92 Å². The number of rotatable bonds is 4. The van der Waals surface area contributed by atoms with Crippen molar-refractivity contribution >= 4 is 5.97 Å². The average Bonchev–Trinajstić information content (AvgIpc) is 2.97. The molecule has 3 aliphatic heterocycles. The second kappa shape index (κ2) is 5.53. The normalized spacial score (nSPS) is 32.5. The average molecular weight is 332 g/mol. The SMILES string of the molecule is CC[C@H]1Cc2c(F)cc(C(=O)O)cc2CN1CC12CC(C1)N(C)C2. The molecule has 5 rings (SSSR count). The summed E-state index contributed by atoms with van der Waals surface area (Å²) in [4.78, 5) is 16.2. The summed E-state index contributed by atoms with van der Waals surface area (Å²) in [5.74, 6) is -1.41. The first-order valence-corrected chi connectivity index (χ1v) is 8.90. The Morgan fingerprint density at radius 3 is 2.75 bits per heavy atom. The zero-order valence-corrected chi connectivity index (χ0v) is 14.4. The topological polar surface area (TPSA) is 43.8 Å². The van der Waals surface area contributed by atoms with Gasteiger partial charge in [-0.25, -0.2) is 9.18 Å². The van der Waals surface area contributed by atoms with Gasteiger partial charge in [0.25, 0.3) is 0 Å². The number of benzene rings is 1. The van der Waals surface area contributed by atoms with Gasteiger partial charge in [0, 0.05) is 31.7 Å². The third-order valence-corrected chi connectivity index (χ3v) is 6.42. The molecule has 0 spiro atoms. The maximum Gasteiger partial charge on any atom is 0.335 e. The van der Waals surface area contributed by atoms with Gasteiger partial charge in [0.05, 0.1) is 5.56 Å². The van der Waals surface area contributed by atoms with E-state index in [1.807, 2.05) is 0 Å². The van der Waals surface area contributed by atoms with E-state index in [4.69, 9.17) is 0 Å². The predicted molar refractivity (Wildman–Crippen MR) is 89.6 cm³/mol. The molecule has 1 atom stereocenters. The minimum atomic E-state index is -1.06. The largest absolute Gasteiger partial charge is 0.478 e. The maximum absolute atomic E-state index is 14.4.